The van der Waals surface area contributed by atoms with Crippen molar-refractivity contribution in [1.82, 2.24) is 9.38 Å². The minimum Gasteiger partial charge on any atom is -0.358 e. The van der Waals surface area contributed by atoms with Gasteiger partial charge in [0.2, 0.25) is 0 Å². The SMILES string of the molecule is O=[N+]([O-])c1nc(Br)n2ccc(F)cc12. The second-order valence-electron chi connectivity index (χ2n) is 2.56. The molecule has 2 aromatic rings. The Kier molecular flexibility index (Phi) is 1.95. The Labute approximate surface area is 85.5 Å². The third kappa shape index (κ3) is 1.25. The maximum Gasteiger partial charge on any atom is 0.390 e. The van der Waals surface area contributed by atoms with Crippen molar-refractivity contribution in [2.45, 2.75) is 0 Å². The second kappa shape index (κ2) is 3.02. The minimum atomic E-state index is -0.653. The largest absolute Gasteiger partial charge is 0.390 e. The number of halogens is 2. The van der Waals surface area contributed by atoms with Gasteiger partial charge in [0.05, 0.1) is 0 Å². The van der Waals surface area contributed by atoms with Crippen LogP contribution in [0.4, 0.5) is 10.2 Å². The van der Waals surface area contributed by atoms with Gasteiger partial charge in [-0.3, -0.25) is 4.40 Å². The van der Waals surface area contributed by atoms with Crippen LogP contribution in [0.1, 0.15) is 0 Å². The van der Waals surface area contributed by atoms with Crippen LogP contribution in [0, 0.1) is 15.9 Å². The summed E-state index contributed by atoms with van der Waals surface area (Å²) in [4.78, 5) is 13.5. The van der Waals surface area contributed by atoms with E-state index in [9.17, 15) is 14.5 Å². The number of fused-ring (bicyclic) bond motifs is 1. The summed E-state index contributed by atoms with van der Waals surface area (Å²) in [6, 6.07) is 2.26. The van der Waals surface area contributed by atoms with E-state index in [2.05, 4.69) is 20.9 Å². The predicted molar refractivity (Wildman–Crippen MR) is 49.5 cm³/mol. The fourth-order valence-electron chi connectivity index (χ4n) is 1.14. The van der Waals surface area contributed by atoms with Crippen molar-refractivity contribution in [3.63, 3.8) is 0 Å². The van der Waals surface area contributed by atoms with Gasteiger partial charge in [-0.2, -0.15) is 0 Å². The van der Waals surface area contributed by atoms with E-state index in [0.717, 1.165) is 6.07 Å². The van der Waals surface area contributed by atoms with Crippen molar-refractivity contribution in [1.29, 1.82) is 0 Å². The zero-order valence-electron chi connectivity index (χ0n) is 6.65. The van der Waals surface area contributed by atoms with Crippen LogP contribution in [0.15, 0.2) is 23.1 Å². The van der Waals surface area contributed by atoms with Crippen LogP contribution in [-0.2, 0) is 0 Å². The van der Waals surface area contributed by atoms with Gasteiger partial charge in [0.25, 0.3) is 4.73 Å². The van der Waals surface area contributed by atoms with Gasteiger partial charge in [-0.05, 0) is 16.0 Å². The van der Waals surface area contributed by atoms with Crippen molar-refractivity contribution in [2.24, 2.45) is 0 Å². The van der Waals surface area contributed by atoms with Crippen molar-refractivity contribution >= 4 is 27.3 Å². The number of hydrogen-bond donors (Lipinski definition) is 0. The molecule has 5 nitrogen and oxygen atoms in total. The Bertz CT molecular complexity index is 525. The Morgan fingerprint density at radius 3 is 3.00 bits per heavy atom. The molecule has 72 valence electrons. The molecule has 2 rings (SSSR count). The highest BCUT2D eigenvalue weighted by atomic mass is 79.9. The summed E-state index contributed by atoms with van der Waals surface area (Å²) >= 11 is 3.04. The Morgan fingerprint density at radius 2 is 2.36 bits per heavy atom. The monoisotopic (exact) mass is 259 g/mol. The molecule has 0 spiro atoms. The first-order valence-corrected chi connectivity index (χ1v) is 4.36. The average molecular weight is 260 g/mol. The molecule has 0 saturated heterocycles. The van der Waals surface area contributed by atoms with Crippen LogP contribution >= 0.6 is 15.9 Å². The Balaban J connectivity index is 2.85. The highest BCUT2D eigenvalue weighted by Crippen LogP contribution is 2.23. The molecule has 0 saturated carbocycles. The van der Waals surface area contributed by atoms with Gasteiger partial charge in [-0.25, -0.2) is 4.39 Å². The van der Waals surface area contributed by atoms with Gasteiger partial charge in [-0.1, -0.05) is 0 Å². The third-order valence-corrected chi connectivity index (χ3v) is 2.28. The van der Waals surface area contributed by atoms with E-state index >= 15 is 0 Å². The van der Waals surface area contributed by atoms with Gasteiger partial charge in [0.1, 0.15) is 5.82 Å². The molecule has 0 aliphatic carbocycles. The lowest BCUT2D eigenvalue weighted by atomic mass is 10.4. The number of nitrogens with zero attached hydrogens (tertiary/aromatic N) is 3. The molecule has 7 heteroatoms. The van der Waals surface area contributed by atoms with E-state index in [1.165, 1.54) is 16.7 Å². The van der Waals surface area contributed by atoms with Crippen LogP contribution in [0.3, 0.4) is 0 Å². The molecule has 0 fully saturated rings. The van der Waals surface area contributed by atoms with Crippen LogP contribution < -0.4 is 0 Å². The van der Waals surface area contributed by atoms with Crippen molar-refractivity contribution in [3.8, 4) is 0 Å². The van der Waals surface area contributed by atoms with E-state index in [1.54, 1.807) is 0 Å². The van der Waals surface area contributed by atoms with Crippen molar-refractivity contribution in [3.05, 3.63) is 39.0 Å². The summed E-state index contributed by atoms with van der Waals surface area (Å²) in [7, 11) is 0. The summed E-state index contributed by atoms with van der Waals surface area (Å²) in [5.41, 5.74) is 0.127. The first-order chi connectivity index (χ1) is 6.59. The summed E-state index contributed by atoms with van der Waals surface area (Å²) in [5, 5.41) is 10.5. The Morgan fingerprint density at radius 1 is 1.64 bits per heavy atom. The number of hydrogen-bond acceptors (Lipinski definition) is 3. The van der Waals surface area contributed by atoms with E-state index in [0.29, 0.717) is 0 Å². The van der Waals surface area contributed by atoms with Crippen molar-refractivity contribution < 1.29 is 9.31 Å². The van der Waals surface area contributed by atoms with E-state index < -0.39 is 10.7 Å². The molecule has 0 radical (unpaired) electrons. The molecular formula is C7H3BrFN3O2. The second-order valence-corrected chi connectivity index (χ2v) is 3.27. The normalized spacial score (nSPS) is 10.7. The smallest absolute Gasteiger partial charge is 0.358 e. The first-order valence-electron chi connectivity index (χ1n) is 3.57. The molecule has 0 N–H and O–H groups in total. The molecular weight excluding hydrogens is 257 g/mol. The van der Waals surface area contributed by atoms with Gasteiger partial charge < -0.3 is 10.1 Å². The minimum absolute atomic E-state index is 0.127. The molecule has 2 heterocycles. The fraction of sp³-hybridized carbons (Fsp3) is 0. The van der Waals surface area contributed by atoms with Gasteiger partial charge >= 0.3 is 5.82 Å². The summed E-state index contributed by atoms with van der Waals surface area (Å²) < 4.78 is 14.5. The van der Waals surface area contributed by atoms with E-state index in [1.807, 2.05) is 0 Å². The zero-order chi connectivity index (χ0) is 10.3. The van der Waals surface area contributed by atoms with Gasteiger partial charge in [0.15, 0.2) is 5.52 Å². The van der Waals surface area contributed by atoms with E-state index in [-0.39, 0.29) is 16.1 Å². The lowest BCUT2D eigenvalue weighted by molar-refractivity contribution is -0.387. The predicted octanol–water partition coefficient (Wildman–Crippen LogP) is 2.14. The highest BCUT2D eigenvalue weighted by molar-refractivity contribution is 9.10. The van der Waals surface area contributed by atoms with Crippen LogP contribution in [0.2, 0.25) is 0 Å². The molecule has 0 aliphatic rings. The fourth-order valence-corrected chi connectivity index (χ4v) is 1.62. The first kappa shape index (κ1) is 9.07. The molecule has 0 unspecified atom stereocenters. The van der Waals surface area contributed by atoms with Crippen LogP contribution in [0.5, 0.6) is 0 Å². The topological polar surface area (TPSA) is 60.4 Å². The number of nitro groups is 1. The number of imidazole rings is 1. The molecule has 14 heavy (non-hydrogen) atoms. The quantitative estimate of drug-likeness (QED) is 0.583. The highest BCUT2D eigenvalue weighted by Gasteiger charge is 2.20. The number of rotatable bonds is 1. The van der Waals surface area contributed by atoms with Crippen LogP contribution in [0.25, 0.3) is 5.52 Å². The average Bonchev–Trinajstić information content (AvgIpc) is 2.43. The van der Waals surface area contributed by atoms with Gasteiger partial charge in [-0.15, -0.1) is 0 Å². The molecule has 0 aliphatic heterocycles. The molecule has 0 amide bonds. The Hall–Kier alpha value is -1.50. The maximum absolute atomic E-state index is 12.8. The molecule has 0 atom stereocenters. The summed E-state index contributed by atoms with van der Waals surface area (Å²) in [5.74, 6) is -0.899. The lowest BCUT2D eigenvalue weighted by Gasteiger charge is -1.92. The van der Waals surface area contributed by atoms with E-state index in [4.69, 9.17) is 0 Å². The molecule has 0 bridgehead atoms. The van der Waals surface area contributed by atoms with Crippen molar-refractivity contribution in [2.75, 3.05) is 0 Å². The lowest BCUT2D eigenvalue weighted by Crippen LogP contribution is -1.89. The number of aromatic nitrogens is 2. The van der Waals surface area contributed by atoms with Crippen LogP contribution in [-0.4, -0.2) is 14.3 Å². The standard InChI is InChI=1S/C7H3BrFN3O2/c8-7-10-6(12(13)14)5-3-4(9)1-2-11(5)7/h1-3H. The molecule has 2 aromatic heterocycles. The summed E-state index contributed by atoms with van der Waals surface area (Å²) in [6.45, 7) is 0. The molecule has 0 aromatic carbocycles. The third-order valence-electron chi connectivity index (χ3n) is 1.72. The number of pyridine rings is 1. The summed E-state index contributed by atoms with van der Waals surface area (Å²) in [6.07, 6.45) is 1.37. The maximum atomic E-state index is 12.8. The zero-order valence-corrected chi connectivity index (χ0v) is 8.23. The van der Waals surface area contributed by atoms with Gasteiger partial charge in [0, 0.05) is 28.2 Å².